The van der Waals surface area contributed by atoms with Gasteiger partial charge in [-0.25, -0.2) is 4.98 Å². The summed E-state index contributed by atoms with van der Waals surface area (Å²) in [5.74, 6) is 0.335. The molecule has 92 valence electrons. The molecule has 1 unspecified atom stereocenters. The van der Waals surface area contributed by atoms with Gasteiger partial charge < -0.3 is 9.67 Å². The SMILES string of the molecule is O[C@H]1CCC[C@H]1C1c2ccccc2-c2cncn21. The van der Waals surface area contributed by atoms with Crippen LogP contribution in [0.1, 0.15) is 30.9 Å². The lowest BCUT2D eigenvalue weighted by atomic mass is 9.90. The highest BCUT2D eigenvalue weighted by atomic mass is 16.3. The highest BCUT2D eigenvalue weighted by molar-refractivity contribution is 5.69. The Kier molecular flexibility index (Phi) is 2.12. The highest BCUT2D eigenvalue weighted by Crippen LogP contribution is 2.47. The van der Waals surface area contributed by atoms with Crippen molar-refractivity contribution in [1.29, 1.82) is 0 Å². The van der Waals surface area contributed by atoms with E-state index in [-0.39, 0.29) is 12.1 Å². The van der Waals surface area contributed by atoms with Crippen LogP contribution in [-0.4, -0.2) is 20.8 Å². The molecule has 3 atom stereocenters. The number of rotatable bonds is 1. The Balaban J connectivity index is 1.89. The number of hydrogen-bond donors (Lipinski definition) is 1. The van der Waals surface area contributed by atoms with E-state index in [1.807, 2.05) is 12.5 Å². The van der Waals surface area contributed by atoms with Crippen molar-refractivity contribution in [2.24, 2.45) is 5.92 Å². The van der Waals surface area contributed by atoms with E-state index in [4.69, 9.17) is 0 Å². The molecule has 0 radical (unpaired) electrons. The van der Waals surface area contributed by atoms with E-state index in [9.17, 15) is 5.11 Å². The Morgan fingerprint density at radius 2 is 2.11 bits per heavy atom. The van der Waals surface area contributed by atoms with Gasteiger partial charge in [0.2, 0.25) is 0 Å². The number of hydrogen-bond acceptors (Lipinski definition) is 2. The van der Waals surface area contributed by atoms with Crippen LogP contribution in [0.15, 0.2) is 36.8 Å². The molecule has 1 aromatic carbocycles. The van der Waals surface area contributed by atoms with E-state index in [0.717, 1.165) is 19.3 Å². The molecule has 1 aromatic heterocycles. The molecule has 3 nitrogen and oxygen atoms in total. The number of benzene rings is 1. The third kappa shape index (κ3) is 1.25. The zero-order valence-electron chi connectivity index (χ0n) is 10.2. The minimum absolute atomic E-state index is 0.170. The monoisotopic (exact) mass is 240 g/mol. The number of aliphatic hydroxyl groups excluding tert-OH is 1. The first kappa shape index (κ1) is 10.3. The summed E-state index contributed by atoms with van der Waals surface area (Å²) in [6.45, 7) is 0. The van der Waals surface area contributed by atoms with Gasteiger partial charge in [0.15, 0.2) is 0 Å². The van der Waals surface area contributed by atoms with Gasteiger partial charge in [0.25, 0.3) is 0 Å². The molecule has 0 spiro atoms. The number of nitrogens with zero attached hydrogens (tertiary/aromatic N) is 2. The van der Waals surface area contributed by atoms with Crippen molar-refractivity contribution >= 4 is 0 Å². The molecule has 1 aliphatic carbocycles. The van der Waals surface area contributed by atoms with E-state index < -0.39 is 0 Å². The van der Waals surface area contributed by atoms with Gasteiger partial charge in [-0.2, -0.15) is 0 Å². The van der Waals surface area contributed by atoms with Crippen molar-refractivity contribution in [3.63, 3.8) is 0 Å². The molecule has 2 aromatic rings. The smallest absolute Gasteiger partial charge is 0.0956 e. The van der Waals surface area contributed by atoms with Gasteiger partial charge in [-0.15, -0.1) is 0 Å². The van der Waals surface area contributed by atoms with Crippen LogP contribution in [0.25, 0.3) is 11.3 Å². The van der Waals surface area contributed by atoms with Gasteiger partial charge >= 0.3 is 0 Å². The third-order valence-corrected chi connectivity index (χ3v) is 4.46. The van der Waals surface area contributed by atoms with Crippen molar-refractivity contribution in [2.75, 3.05) is 0 Å². The van der Waals surface area contributed by atoms with E-state index in [0.29, 0.717) is 5.92 Å². The molecule has 0 bridgehead atoms. The quantitative estimate of drug-likeness (QED) is 0.832. The minimum atomic E-state index is -0.170. The van der Waals surface area contributed by atoms with E-state index in [2.05, 4.69) is 33.8 Å². The van der Waals surface area contributed by atoms with Crippen LogP contribution in [0.2, 0.25) is 0 Å². The van der Waals surface area contributed by atoms with Crippen molar-refractivity contribution in [2.45, 2.75) is 31.4 Å². The normalized spacial score (nSPS) is 29.3. The molecule has 1 saturated carbocycles. The van der Waals surface area contributed by atoms with Crippen LogP contribution in [-0.2, 0) is 0 Å². The average Bonchev–Trinajstić information content (AvgIpc) is 3.05. The first-order valence-electron chi connectivity index (χ1n) is 6.65. The van der Waals surface area contributed by atoms with Crippen LogP contribution in [0.5, 0.6) is 0 Å². The third-order valence-electron chi connectivity index (χ3n) is 4.46. The average molecular weight is 240 g/mol. The lowest BCUT2D eigenvalue weighted by Crippen LogP contribution is -2.24. The number of aromatic nitrogens is 2. The predicted octanol–water partition coefficient (Wildman–Crippen LogP) is 2.61. The van der Waals surface area contributed by atoms with Gasteiger partial charge in [-0.1, -0.05) is 30.7 Å². The van der Waals surface area contributed by atoms with Gasteiger partial charge in [0, 0.05) is 11.5 Å². The number of fused-ring (bicyclic) bond motifs is 3. The fourth-order valence-electron chi connectivity index (χ4n) is 3.65. The Hall–Kier alpha value is -1.61. The molecule has 18 heavy (non-hydrogen) atoms. The van der Waals surface area contributed by atoms with Crippen LogP contribution in [0.3, 0.4) is 0 Å². The molecule has 0 amide bonds. The summed E-state index contributed by atoms with van der Waals surface area (Å²) >= 11 is 0. The van der Waals surface area contributed by atoms with Gasteiger partial charge in [-0.05, 0) is 18.4 Å². The van der Waals surface area contributed by atoms with Crippen molar-refractivity contribution in [3.8, 4) is 11.3 Å². The molecule has 2 aliphatic rings. The molecule has 4 rings (SSSR count). The van der Waals surface area contributed by atoms with Gasteiger partial charge in [0.05, 0.1) is 30.4 Å². The second-order valence-corrected chi connectivity index (χ2v) is 5.38. The van der Waals surface area contributed by atoms with Gasteiger partial charge in [0.1, 0.15) is 0 Å². The Morgan fingerprint density at radius 3 is 2.94 bits per heavy atom. The molecule has 3 heteroatoms. The summed E-state index contributed by atoms with van der Waals surface area (Å²) < 4.78 is 2.24. The van der Waals surface area contributed by atoms with Crippen molar-refractivity contribution in [1.82, 2.24) is 9.55 Å². The first-order chi connectivity index (χ1) is 8.86. The Morgan fingerprint density at radius 1 is 1.22 bits per heavy atom. The summed E-state index contributed by atoms with van der Waals surface area (Å²) in [5.41, 5.74) is 3.81. The highest BCUT2D eigenvalue weighted by Gasteiger charge is 2.39. The summed E-state index contributed by atoms with van der Waals surface area (Å²) in [6.07, 6.45) is 6.85. The van der Waals surface area contributed by atoms with E-state index in [1.54, 1.807) is 0 Å². The maximum Gasteiger partial charge on any atom is 0.0956 e. The second kappa shape index (κ2) is 3.69. The molecule has 1 fully saturated rings. The summed E-state index contributed by atoms with van der Waals surface area (Å²) in [7, 11) is 0. The number of aliphatic hydroxyl groups is 1. The first-order valence-corrected chi connectivity index (χ1v) is 6.65. The molecule has 0 saturated heterocycles. The van der Waals surface area contributed by atoms with Gasteiger partial charge in [-0.3, -0.25) is 0 Å². The Bertz CT molecular complexity index is 590. The van der Waals surface area contributed by atoms with E-state index >= 15 is 0 Å². The second-order valence-electron chi connectivity index (χ2n) is 5.38. The van der Waals surface area contributed by atoms with E-state index in [1.165, 1.54) is 16.8 Å². The van der Waals surface area contributed by atoms with Crippen molar-refractivity contribution < 1.29 is 5.11 Å². The topological polar surface area (TPSA) is 38.1 Å². The number of imidazole rings is 1. The molecular formula is C15H16N2O. The van der Waals surface area contributed by atoms with Crippen LogP contribution >= 0.6 is 0 Å². The Labute approximate surface area is 106 Å². The zero-order chi connectivity index (χ0) is 12.1. The summed E-state index contributed by atoms with van der Waals surface area (Å²) in [5, 5.41) is 10.2. The fourth-order valence-corrected chi connectivity index (χ4v) is 3.65. The maximum absolute atomic E-state index is 10.2. The lowest BCUT2D eigenvalue weighted by molar-refractivity contribution is 0.112. The van der Waals surface area contributed by atoms with Crippen molar-refractivity contribution in [3.05, 3.63) is 42.4 Å². The summed E-state index contributed by atoms with van der Waals surface area (Å²) in [4.78, 5) is 4.27. The summed E-state index contributed by atoms with van der Waals surface area (Å²) in [6, 6.07) is 8.79. The van der Waals surface area contributed by atoms with Crippen LogP contribution in [0, 0.1) is 5.92 Å². The maximum atomic E-state index is 10.2. The minimum Gasteiger partial charge on any atom is -0.393 e. The fraction of sp³-hybridized carbons (Fsp3) is 0.400. The van der Waals surface area contributed by atoms with Crippen LogP contribution in [0.4, 0.5) is 0 Å². The molecule has 1 aliphatic heterocycles. The standard InChI is InChI=1S/C15H16N2O/c18-14-7-3-6-12(14)15-11-5-2-1-4-10(11)13-8-16-9-17(13)15/h1-2,4-5,8-9,12,14-15,18H,3,6-7H2/t12-,14+,15?/m1/s1. The lowest BCUT2D eigenvalue weighted by Gasteiger charge is -2.24. The predicted molar refractivity (Wildman–Crippen MR) is 69.1 cm³/mol. The van der Waals surface area contributed by atoms with Crippen LogP contribution < -0.4 is 0 Å². The largest absolute Gasteiger partial charge is 0.393 e. The molecular weight excluding hydrogens is 224 g/mol. The molecule has 2 heterocycles. The zero-order valence-corrected chi connectivity index (χ0v) is 10.2. The molecule has 1 N–H and O–H groups in total.